The lowest BCUT2D eigenvalue weighted by atomic mass is 9.99. The lowest BCUT2D eigenvalue weighted by Crippen LogP contribution is -2.18. The number of nitrogens with zero attached hydrogens (tertiary/aromatic N) is 1. The SMILES string of the molecule is NNc1ncc(-c2ccc3c(c2)CCC(=O)N3)[nH]1. The highest BCUT2D eigenvalue weighted by molar-refractivity contribution is 5.94. The van der Waals surface area contributed by atoms with Gasteiger partial charge in [0.25, 0.3) is 0 Å². The third kappa shape index (κ3) is 1.82. The van der Waals surface area contributed by atoms with Gasteiger partial charge in [0.05, 0.1) is 11.9 Å². The Bertz CT molecular complexity index is 604. The van der Waals surface area contributed by atoms with Crippen LogP contribution in [-0.4, -0.2) is 15.9 Å². The number of amides is 1. The molecule has 92 valence electrons. The molecule has 1 aromatic heterocycles. The summed E-state index contributed by atoms with van der Waals surface area (Å²) in [4.78, 5) is 18.4. The maximum absolute atomic E-state index is 11.3. The number of nitrogen functional groups attached to an aromatic ring is 1. The van der Waals surface area contributed by atoms with Crippen molar-refractivity contribution in [3.63, 3.8) is 0 Å². The van der Waals surface area contributed by atoms with E-state index >= 15 is 0 Å². The lowest BCUT2D eigenvalue weighted by Gasteiger charge is -2.17. The number of carbonyl (C=O) groups is 1. The van der Waals surface area contributed by atoms with Crippen LogP contribution in [-0.2, 0) is 11.2 Å². The number of rotatable bonds is 2. The second kappa shape index (κ2) is 4.15. The Labute approximate surface area is 104 Å². The Kier molecular flexibility index (Phi) is 2.49. The Morgan fingerprint density at radius 1 is 1.33 bits per heavy atom. The van der Waals surface area contributed by atoms with Crippen LogP contribution in [0.4, 0.5) is 11.6 Å². The van der Waals surface area contributed by atoms with Crippen LogP contribution < -0.4 is 16.6 Å². The van der Waals surface area contributed by atoms with Crippen LogP contribution in [0.2, 0.25) is 0 Å². The van der Waals surface area contributed by atoms with E-state index in [2.05, 4.69) is 26.8 Å². The van der Waals surface area contributed by atoms with Crippen molar-refractivity contribution in [1.82, 2.24) is 9.97 Å². The van der Waals surface area contributed by atoms with Gasteiger partial charge in [-0.05, 0) is 24.1 Å². The van der Waals surface area contributed by atoms with Gasteiger partial charge in [-0.25, -0.2) is 10.8 Å². The fourth-order valence-corrected chi connectivity index (χ4v) is 2.09. The van der Waals surface area contributed by atoms with E-state index in [1.54, 1.807) is 6.20 Å². The predicted molar refractivity (Wildman–Crippen MR) is 68.8 cm³/mol. The minimum absolute atomic E-state index is 0.0754. The van der Waals surface area contributed by atoms with Gasteiger partial charge in [0, 0.05) is 17.7 Å². The molecule has 1 aliphatic rings. The molecule has 0 aliphatic carbocycles. The molecule has 2 aromatic rings. The average Bonchev–Trinajstić information content (AvgIpc) is 2.87. The van der Waals surface area contributed by atoms with E-state index in [1.807, 2.05) is 12.1 Å². The van der Waals surface area contributed by atoms with Crippen LogP contribution in [0, 0.1) is 0 Å². The van der Waals surface area contributed by atoms with E-state index in [-0.39, 0.29) is 5.91 Å². The fraction of sp³-hybridized carbons (Fsp3) is 0.167. The topological polar surface area (TPSA) is 95.8 Å². The number of nitrogens with two attached hydrogens (primary N) is 1. The molecule has 0 fully saturated rings. The van der Waals surface area contributed by atoms with E-state index in [0.29, 0.717) is 12.4 Å². The van der Waals surface area contributed by atoms with Gasteiger partial charge < -0.3 is 10.3 Å². The highest BCUT2D eigenvalue weighted by atomic mass is 16.1. The summed E-state index contributed by atoms with van der Waals surface area (Å²) in [7, 11) is 0. The van der Waals surface area contributed by atoms with Crippen molar-refractivity contribution in [3.05, 3.63) is 30.0 Å². The van der Waals surface area contributed by atoms with Crippen LogP contribution in [0.5, 0.6) is 0 Å². The van der Waals surface area contributed by atoms with Crippen LogP contribution in [0.1, 0.15) is 12.0 Å². The number of imidazole rings is 1. The predicted octanol–water partition coefficient (Wildman–Crippen LogP) is 1.25. The van der Waals surface area contributed by atoms with Crippen molar-refractivity contribution in [2.24, 2.45) is 5.84 Å². The third-order valence-corrected chi connectivity index (χ3v) is 3.02. The van der Waals surface area contributed by atoms with Gasteiger partial charge in [0.1, 0.15) is 0 Å². The molecule has 0 spiro atoms. The van der Waals surface area contributed by atoms with Crippen molar-refractivity contribution < 1.29 is 4.79 Å². The summed E-state index contributed by atoms with van der Waals surface area (Å²) in [5.41, 5.74) is 6.42. The summed E-state index contributed by atoms with van der Waals surface area (Å²) in [6.07, 6.45) is 3.03. The Hall–Kier alpha value is -2.34. The number of fused-ring (bicyclic) bond motifs is 1. The molecule has 6 heteroatoms. The number of hydrogen-bond acceptors (Lipinski definition) is 4. The Morgan fingerprint density at radius 2 is 2.22 bits per heavy atom. The molecule has 6 nitrogen and oxygen atoms in total. The number of aryl methyl sites for hydroxylation is 1. The molecule has 0 saturated carbocycles. The number of benzene rings is 1. The van der Waals surface area contributed by atoms with Crippen LogP contribution >= 0.6 is 0 Å². The fourth-order valence-electron chi connectivity index (χ4n) is 2.09. The van der Waals surface area contributed by atoms with Gasteiger partial charge in [-0.1, -0.05) is 6.07 Å². The van der Waals surface area contributed by atoms with E-state index in [0.717, 1.165) is 28.9 Å². The lowest BCUT2D eigenvalue weighted by molar-refractivity contribution is -0.116. The van der Waals surface area contributed by atoms with Crippen molar-refractivity contribution in [2.45, 2.75) is 12.8 Å². The monoisotopic (exact) mass is 243 g/mol. The zero-order chi connectivity index (χ0) is 12.5. The quantitative estimate of drug-likeness (QED) is 0.471. The van der Waals surface area contributed by atoms with Gasteiger partial charge in [-0.3, -0.25) is 10.2 Å². The smallest absolute Gasteiger partial charge is 0.224 e. The van der Waals surface area contributed by atoms with Gasteiger partial charge >= 0.3 is 0 Å². The second-order valence-corrected chi connectivity index (χ2v) is 4.21. The van der Waals surface area contributed by atoms with Crippen molar-refractivity contribution in [2.75, 3.05) is 10.7 Å². The summed E-state index contributed by atoms with van der Waals surface area (Å²) in [6, 6.07) is 5.92. The minimum Gasteiger partial charge on any atom is -0.326 e. The molecule has 0 radical (unpaired) electrons. The number of H-pyrrole nitrogens is 1. The zero-order valence-electron chi connectivity index (χ0n) is 9.66. The maximum atomic E-state index is 11.3. The van der Waals surface area contributed by atoms with Crippen LogP contribution in [0.25, 0.3) is 11.3 Å². The largest absolute Gasteiger partial charge is 0.326 e. The molecule has 0 unspecified atom stereocenters. The average molecular weight is 243 g/mol. The van der Waals surface area contributed by atoms with Crippen LogP contribution in [0.15, 0.2) is 24.4 Å². The Morgan fingerprint density at radius 3 is 3.00 bits per heavy atom. The second-order valence-electron chi connectivity index (χ2n) is 4.21. The molecule has 2 heterocycles. The molecule has 18 heavy (non-hydrogen) atoms. The minimum atomic E-state index is 0.0754. The molecule has 3 rings (SSSR count). The van der Waals surface area contributed by atoms with E-state index in [9.17, 15) is 4.79 Å². The molecule has 1 amide bonds. The number of aromatic nitrogens is 2. The van der Waals surface area contributed by atoms with Gasteiger partial charge in [0.2, 0.25) is 11.9 Å². The number of aromatic amines is 1. The number of anilines is 2. The normalized spacial score (nSPS) is 13.9. The molecule has 0 atom stereocenters. The van der Waals surface area contributed by atoms with Crippen molar-refractivity contribution in [3.8, 4) is 11.3 Å². The summed E-state index contributed by atoms with van der Waals surface area (Å²) >= 11 is 0. The van der Waals surface area contributed by atoms with Crippen molar-refractivity contribution >= 4 is 17.5 Å². The number of hydrogen-bond donors (Lipinski definition) is 4. The first-order valence-corrected chi connectivity index (χ1v) is 5.71. The summed E-state index contributed by atoms with van der Waals surface area (Å²) < 4.78 is 0. The molecule has 0 saturated heterocycles. The van der Waals surface area contributed by atoms with Crippen LogP contribution in [0.3, 0.4) is 0 Å². The third-order valence-electron chi connectivity index (χ3n) is 3.02. The number of carbonyl (C=O) groups excluding carboxylic acids is 1. The first kappa shape index (κ1) is 10.8. The molecule has 1 aromatic carbocycles. The molecule has 1 aliphatic heterocycles. The highest BCUT2D eigenvalue weighted by Gasteiger charge is 2.15. The van der Waals surface area contributed by atoms with Gasteiger partial charge in [-0.15, -0.1) is 0 Å². The zero-order valence-corrected chi connectivity index (χ0v) is 9.66. The van der Waals surface area contributed by atoms with E-state index in [4.69, 9.17) is 5.84 Å². The van der Waals surface area contributed by atoms with Gasteiger partial charge in [-0.2, -0.15) is 0 Å². The Balaban J connectivity index is 1.97. The maximum Gasteiger partial charge on any atom is 0.224 e. The van der Waals surface area contributed by atoms with Gasteiger partial charge in [0.15, 0.2) is 0 Å². The number of nitrogens with one attached hydrogen (secondary N) is 3. The van der Waals surface area contributed by atoms with Crippen molar-refractivity contribution in [1.29, 1.82) is 0 Å². The number of hydrazine groups is 1. The summed E-state index contributed by atoms with van der Waals surface area (Å²) in [5.74, 6) is 5.88. The highest BCUT2D eigenvalue weighted by Crippen LogP contribution is 2.28. The standard InChI is InChI=1S/C12H13N5O/c13-17-12-14-6-10(16-12)8-1-3-9-7(5-8)2-4-11(18)15-9/h1,3,5-6H,2,4,13H2,(H,15,18)(H2,14,16,17). The molecule has 5 N–H and O–H groups in total. The van der Waals surface area contributed by atoms with E-state index in [1.165, 1.54) is 0 Å². The molecular formula is C12H13N5O. The van der Waals surface area contributed by atoms with E-state index < -0.39 is 0 Å². The summed E-state index contributed by atoms with van der Waals surface area (Å²) in [5, 5.41) is 2.86. The molecular weight excluding hydrogens is 230 g/mol. The first-order valence-electron chi connectivity index (χ1n) is 5.71. The first-order chi connectivity index (χ1) is 8.76. The molecule has 0 bridgehead atoms. The summed E-state index contributed by atoms with van der Waals surface area (Å²) in [6.45, 7) is 0.